The van der Waals surface area contributed by atoms with Crippen LogP contribution in [-0.4, -0.2) is 20.2 Å². The van der Waals surface area contributed by atoms with Crippen molar-refractivity contribution in [2.24, 2.45) is 0 Å². The van der Waals surface area contributed by atoms with Crippen LogP contribution in [0.15, 0.2) is 64.0 Å². The highest BCUT2D eigenvalue weighted by molar-refractivity contribution is 7.86. The van der Waals surface area contributed by atoms with Crippen molar-refractivity contribution in [2.75, 3.05) is 6.61 Å². The average molecular weight is 361 g/mol. The highest BCUT2D eigenvalue weighted by Crippen LogP contribution is 2.20. The zero-order valence-electron chi connectivity index (χ0n) is 13.5. The van der Waals surface area contributed by atoms with Gasteiger partial charge in [-0.15, -0.1) is 0 Å². The summed E-state index contributed by atoms with van der Waals surface area (Å²) in [6, 6.07) is 14.0. The second-order valence-electron chi connectivity index (χ2n) is 5.52. The lowest BCUT2D eigenvalue weighted by Crippen LogP contribution is -2.09. The van der Waals surface area contributed by atoms with Crippen molar-refractivity contribution in [2.45, 2.75) is 18.2 Å². The highest BCUT2D eigenvalue weighted by Gasteiger charge is 2.15. The molecular formula is C18H16FNO4S. The third-order valence-corrected chi connectivity index (χ3v) is 4.92. The summed E-state index contributed by atoms with van der Waals surface area (Å²) in [6.45, 7) is 1.81. The van der Waals surface area contributed by atoms with Crippen LogP contribution < -0.4 is 0 Å². The van der Waals surface area contributed by atoms with E-state index in [1.807, 2.05) is 6.92 Å². The summed E-state index contributed by atoms with van der Waals surface area (Å²) in [5.74, 6) is 0.153. The summed E-state index contributed by atoms with van der Waals surface area (Å²) in [6.07, 6.45) is 0.249. The number of hydrogen-bond acceptors (Lipinski definition) is 5. The van der Waals surface area contributed by atoms with Gasteiger partial charge < -0.3 is 4.52 Å². The van der Waals surface area contributed by atoms with Crippen molar-refractivity contribution in [3.05, 3.63) is 71.7 Å². The number of aryl methyl sites for hydroxylation is 1. The van der Waals surface area contributed by atoms with Gasteiger partial charge in [-0.05, 0) is 43.3 Å². The van der Waals surface area contributed by atoms with Crippen LogP contribution in [0.25, 0.3) is 11.3 Å². The number of halogens is 1. The van der Waals surface area contributed by atoms with Gasteiger partial charge in [0.15, 0.2) is 0 Å². The van der Waals surface area contributed by atoms with Crippen molar-refractivity contribution < 1.29 is 21.5 Å². The van der Waals surface area contributed by atoms with Crippen LogP contribution in [0.4, 0.5) is 4.39 Å². The molecule has 1 aromatic heterocycles. The van der Waals surface area contributed by atoms with Crippen LogP contribution in [0.1, 0.15) is 11.3 Å². The van der Waals surface area contributed by atoms with Gasteiger partial charge in [0.25, 0.3) is 10.1 Å². The summed E-state index contributed by atoms with van der Waals surface area (Å²) < 4.78 is 47.3. The lowest BCUT2D eigenvalue weighted by atomic mass is 10.1. The first kappa shape index (κ1) is 17.3. The molecular weight excluding hydrogens is 345 g/mol. The van der Waals surface area contributed by atoms with Crippen molar-refractivity contribution in [1.29, 1.82) is 0 Å². The molecule has 0 bridgehead atoms. The highest BCUT2D eigenvalue weighted by atomic mass is 32.2. The molecule has 0 aliphatic rings. The Bertz CT molecular complexity index is 948. The van der Waals surface area contributed by atoms with E-state index in [0.717, 1.165) is 5.56 Å². The molecule has 3 aromatic rings. The minimum atomic E-state index is -3.80. The van der Waals surface area contributed by atoms with E-state index in [-0.39, 0.29) is 23.7 Å². The molecule has 0 radical (unpaired) electrons. The lowest BCUT2D eigenvalue weighted by Gasteiger charge is -2.04. The number of hydrogen-bond donors (Lipinski definition) is 0. The summed E-state index contributed by atoms with van der Waals surface area (Å²) in [5, 5.41) is 3.90. The Balaban J connectivity index is 1.61. The van der Waals surface area contributed by atoms with Crippen molar-refractivity contribution >= 4 is 10.1 Å². The Kier molecular flexibility index (Phi) is 4.96. The molecule has 1 heterocycles. The van der Waals surface area contributed by atoms with Gasteiger partial charge in [-0.1, -0.05) is 22.9 Å². The fourth-order valence-electron chi connectivity index (χ4n) is 2.21. The van der Waals surface area contributed by atoms with Gasteiger partial charge in [-0.3, -0.25) is 4.18 Å². The Morgan fingerprint density at radius 2 is 1.76 bits per heavy atom. The Labute approximate surface area is 145 Å². The minimum absolute atomic E-state index is 0.0612. The Morgan fingerprint density at radius 1 is 1.08 bits per heavy atom. The van der Waals surface area contributed by atoms with Gasteiger partial charge in [0.2, 0.25) is 0 Å². The largest absolute Gasteiger partial charge is 0.361 e. The zero-order valence-corrected chi connectivity index (χ0v) is 14.3. The predicted molar refractivity (Wildman–Crippen MR) is 89.9 cm³/mol. The molecule has 0 saturated carbocycles. The van der Waals surface area contributed by atoms with Crippen LogP contribution in [0.3, 0.4) is 0 Å². The van der Waals surface area contributed by atoms with E-state index >= 15 is 0 Å². The van der Waals surface area contributed by atoms with Crippen molar-refractivity contribution in [3.63, 3.8) is 0 Å². The van der Waals surface area contributed by atoms with Gasteiger partial charge in [0.1, 0.15) is 17.3 Å². The molecule has 0 amide bonds. The van der Waals surface area contributed by atoms with E-state index in [4.69, 9.17) is 8.71 Å². The van der Waals surface area contributed by atoms with E-state index in [2.05, 4.69) is 5.16 Å². The number of aromatic nitrogens is 1. The molecule has 7 heteroatoms. The molecule has 0 saturated heterocycles. The maximum atomic E-state index is 12.9. The average Bonchev–Trinajstić information content (AvgIpc) is 3.04. The minimum Gasteiger partial charge on any atom is -0.361 e. The standard InChI is InChI=1S/C18H16FNO4S/c1-13-2-8-17(9-3-13)25(21,22)23-11-10-16-12-18(20-24-16)14-4-6-15(19)7-5-14/h2-9,12H,10-11H2,1H3. The number of benzene rings is 2. The summed E-state index contributed by atoms with van der Waals surface area (Å²) in [4.78, 5) is 0.114. The molecule has 0 spiro atoms. The van der Waals surface area contributed by atoms with Gasteiger partial charge in [-0.25, -0.2) is 4.39 Å². The van der Waals surface area contributed by atoms with Gasteiger partial charge >= 0.3 is 0 Å². The molecule has 130 valence electrons. The Morgan fingerprint density at radius 3 is 2.44 bits per heavy atom. The quantitative estimate of drug-likeness (QED) is 0.626. The fraction of sp³-hybridized carbons (Fsp3) is 0.167. The molecule has 0 unspecified atom stereocenters. The van der Waals surface area contributed by atoms with E-state index in [9.17, 15) is 12.8 Å². The summed E-state index contributed by atoms with van der Waals surface area (Å²) in [7, 11) is -3.80. The molecule has 0 N–H and O–H groups in total. The smallest absolute Gasteiger partial charge is 0.296 e. The molecule has 0 aliphatic carbocycles. The van der Waals surface area contributed by atoms with Crippen LogP contribution in [0.5, 0.6) is 0 Å². The Hall–Kier alpha value is -2.51. The van der Waals surface area contributed by atoms with E-state index in [1.54, 1.807) is 30.3 Å². The molecule has 0 aliphatic heterocycles. The second kappa shape index (κ2) is 7.16. The first-order chi connectivity index (χ1) is 11.9. The first-order valence-corrected chi connectivity index (χ1v) is 9.02. The number of rotatable bonds is 6. The molecule has 3 rings (SSSR count). The maximum absolute atomic E-state index is 12.9. The molecule has 0 fully saturated rings. The SMILES string of the molecule is Cc1ccc(S(=O)(=O)OCCc2cc(-c3ccc(F)cc3)no2)cc1. The van der Waals surface area contributed by atoms with Gasteiger partial charge in [0, 0.05) is 18.1 Å². The third-order valence-electron chi connectivity index (χ3n) is 3.60. The van der Waals surface area contributed by atoms with Gasteiger partial charge in [-0.2, -0.15) is 8.42 Å². The van der Waals surface area contributed by atoms with E-state index in [1.165, 1.54) is 24.3 Å². The molecule has 25 heavy (non-hydrogen) atoms. The van der Waals surface area contributed by atoms with E-state index < -0.39 is 10.1 Å². The first-order valence-electron chi connectivity index (χ1n) is 7.62. The van der Waals surface area contributed by atoms with Crippen LogP contribution >= 0.6 is 0 Å². The zero-order chi connectivity index (χ0) is 17.9. The van der Waals surface area contributed by atoms with Crippen LogP contribution in [-0.2, 0) is 20.7 Å². The normalized spacial score (nSPS) is 11.6. The number of nitrogens with zero attached hydrogens (tertiary/aromatic N) is 1. The predicted octanol–water partition coefficient (Wildman–Crippen LogP) is 3.74. The van der Waals surface area contributed by atoms with Crippen LogP contribution in [0.2, 0.25) is 0 Å². The monoisotopic (exact) mass is 361 g/mol. The van der Waals surface area contributed by atoms with Gasteiger partial charge in [0.05, 0.1) is 11.5 Å². The third kappa shape index (κ3) is 4.32. The summed E-state index contributed by atoms with van der Waals surface area (Å²) in [5.41, 5.74) is 2.23. The van der Waals surface area contributed by atoms with Crippen molar-refractivity contribution in [1.82, 2.24) is 5.16 Å². The molecule has 0 atom stereocenters. The lowest BCUT2D eigenvalue weighted by molar-refractivity contribution is 0.298. The molecule has 2 aromatic carbocycles. The summed E-state index contributed by atoms with van der Waals surface area (Å²) >= 11 is 0. The van der Waals surface area contributed by atoms with Crippen LogP contribution in [0, 0.1) is 12.7 Å². The topological polar surface area (TPSA) is 69.4 Å². The van der Waals surface area contributed by atoms with Crippen molar-refractivity contribution in [3.8, 4) is 11.3 Å². The maximum Gasteiger partial charge on any atom is 0.296 e. The second-order valence-corrected chi connectivity index (χ2v) is 7.14. The molecule has 5 nitrogen and oxygen atoms in total. The fourth-order valence-corrected chi connectivity index (χ4v) is 3.12. The van der Waals surface area contributed by atoms with E-state index in [0.29, 0.717) is 17.0 Å².